The Morgan fingerprint density at radius 2 is 2.00 bits per heavy atom. The van der Waals surface area contributed by atoms with Crippen LogP contribution in [0.2, 0.25) is 0 Å². The Morgan fingerprint density at radius 3 is 2.58 bits per heavy atom. The van der Waals surface area contributed by atoms with Gasteiger partial charge in [-0.05, 0) is 24.6 Å². The molecule has 0 unspecified atom stereocenters. The van der Waals surface area contributed by atoms with Crippen LogP contribution in [0.15, 0.2) is 18.2 Å². The molecule has 0 N–H and O–H groups in total. The van der Waals surface area contributed by atoms with Crippen LogP contribution in [-0.2, 0) is 4.79 Å². The fourth-order valence-electron chi connectivity index (χ4n) is 1.78. The van der Waals surface area contributed by atoms with Crippen LogP contribution in [0, 0.1) is 5.82 Å². The average molecular weight is 266 g/mol. The van der Waals surface area contributed by atoms with Crippen molar-refractivity contribution in [3.05, 3.63) is 29.6 Å². The van der Waals surface area contributed by atoms with E-state index in [-0.39, 0.29) is 29.3 Å². The summed E-state index contributed by atoms with van der Waals surface area (Å²) in [7, 11) is 1.36. The summed E-state index contributed by atoms with van der Waals surface area (Å²) in [6.07, 6.45) is 3.08. The summed E-state index contributed by atoms with van der Waals surface area (Å²) in [4.78, 5) is 23.4. The Labute approximate surface area is 112 Å². The largest absolute Gasteiger partial charge is 0.494 e. The molecule has 0 heterocycles. The van der Waals surface area contributed by atoms with Gasteiger partial charge in [0.2, 0.25) is 0 Å². The van der Waals surface area contributed by atoms with Gasteiger partial charge in [0.1, 0.15) is 5.78 Å². The molecule has 0 saturated heterocycles. The van der Waals surface area contributed by atoms with Gasteiger partial charge < -0.3 is 4.74 Å². The summed E-state index contributed by atoms with van der Waals surface area (Å²) >= 11 is 0. The van der Waals surface area contributed by atoms with Gasteiger partial charge in [0.25, 0.3) is 0 Å². The second-order valence-electron chi connectivity index (χ2n) is 4.45. The first-order chi connectivity index (χ1) is 9.08. The summed E-state index contributed by atoms with van der Waals surface area (Å²) in [5.41, 5.74) is 0.210. The summed E-state index contributed by atoms with van der Waals surface area (Å²) in [5, 5.41) is 0. The van der Waals surface area contributed by atoms with Gasteiger partial charge in [-0.3, -0.25) is 9.59 Å². The summed E-state index contributed by atoms with van der Waals surface area (Å²) in [6.45, 7) is 2.05. The summed E-state index contributed by atoms with van der Waals surface area (Å²) in [5.74, 6) is -0.935. The molecule has 0 aliphatic carbocycles. The van der Waals surface area contributed by atoms with E-state index in [4.69, 9.17) is 4.74 Å². The molecule has 0 aromatic heterocycles. The van der Waals surface area contributed by atoms with Crippen LogP contribution >= 0.6 is 0 Å². The zero-order chi connectivity index (χ0) is 14.3. The van der Waals surface area contributed by atoms with Gasteiger partial charge in [-0.2, -0.15) is 0 Å². The highest BCUT2D eigenvalue weighted by atomic mass is 19.1. The van der Waals surface area contributed by atoms with Gasteiger partial charge in [0.15, 0.2) is 17.3 Å². The van der Waals surface area contributed by atoms with Gasteiger partial charge >= 0.3 is 0 Å². The standard InChI is InChI=1S/C15H19FO3/c1-3-4-5-6-12(17)10-14(18)11-7-8-15(19-2)13(16)9-11/h7-9H,3-6,10H2,1-2H3. The van der Waals surface area contributed by atoms with Gasteiger partial charge in [-0.1, -0.05) is 19.8 Å². The number of methoxy groups -OCH3 is 1. The van der Waals surface area contributed by atoms with E-state index in [0.29, 0.717) is 6.42 Å². The van der Waals surface area contributed by atoms with Crippen LogP contribution in [0.3, 0.4) is 0 Å². The van der Waals surface area contributed by atoms with Crippen molar-refractivity contribution in [2.45, 2.75) is 39.0 Å². The predicted octanol–water partition coefficient (Wildman–Crippen LogP) is 3.56. The maximum Gasteiger partial charge on any atom is 0.170 e. The van der Waals surface area contributed by atoms with Gasteiger partial charge in [0, 0.05) is 12.0 Å². The number of unbranched alkanes of at least 4 members (excludes halogenated alkanes) is 2. The van der Waals surface area contributed by atoms with Crippen LogP contribution in [0.25, 0.3) is 0 Å². The van der Waals surface area contributed by atoms with Gasteiger partial charge in [0.05, 0.1) is 13.5 Å². The molecule has 0 spiro atoms. The van der Waals surface area contributed by atoms with E-state index in [1.807, 2.05) is 0 Å². The van der Waals surface area contributed by atoms with Gasteiger partial charge in [-0.15, -0.1) is 0 Å². The number of ketones is 2. The van der Waals surface area contributed by atoms with Crippen molar-refractivity contribution in [1.82, 2.24) is 0 Å². The molecule has 0 aliphatic rings. The average Bonchev–Trinajstić information content (AvgIpc) is 2.38. The normalized spacial score (nSPS) is 10.3. The number of hydrogen-bond acceptors (Lipinski definition) is 3. The first kappa shape index (κ1) is 15.3. The lowest BCUT2D eigenvalue weighted by molar-refractivity contribution is -0.118. The van der Waals surface area contributed by atoms with Crippen LogP contribution in [0.5, 0.6) is 5.75 Å². The number of rotatable bonds is 8. The second kappa shape index (κ2) is 7.67. The third-order valence-electron chi connectivity index (χ3n) is 2.89. The van der Waals surface area contributed by atoms with Gasteiger partial charge in [-0.25, -0.2) is 4.39 Å². The highest BCUT2D eigenvalue weighted by Crippen LogP contribution is 2.18. The maximum atomic E-state index is 13.4. The molecule has 0 aliphatic heterocycles. The van der Waals surface area contributed by atoms with Crippen molar-refractivity contribution in [2.75, 3.05) is 7.11 Å². The third kappa shape index (κ3) is 4.81. The highest BCUT2D eigenvalue weighted by molar-refractivity contribution is 6.07. The predicted molar refractivity (Wildman–Crippen MR) is 71.0 cm³/mol. The highest BCUT2D eigenvalue weighted by Gasteiger charge is 2.13. The first-order valence-corrected chi connectivity index (χ1v) is 6.47. The quantitative estimate of drug-likeness (QED) is 0.410. The maximum absolute atomic E-state index is 13.4. The van der Waals surface area contributed by atoms with Crippen molar-refractivity contribution in [1.29, 1.82) is 0 Å². The number of carbonyl (C=O) groups excluding carboxylic acids is 2. The molecule has 1 rings (SSSR count). The minimum absolute atomic E-state index is 0.0883. The molecule has 104 valence electrons. The zero-order valence-electron chi connectivity index (χ0n) is 11.4. The van der Waals surface area contributed by atoms with Crippen molar-refractivity contribution in [3.63, 3.8) is 0 Å². The smallest absolute Gasteiger partial charge is 0.170 e. The number of benzene rings is 1. The van der Waals surface area contributed by atoms with E-state index in [0.717, 1.165) is 25.3 Å². The lowest BCUT2D eigenvalue weighted by atomic mass is 10.0. The molecule has 0 radical (unpaired) electrons. The topological polar surface area (TPSA) is 43.4 Å². The number of ether oxygens (including phenoxy) is 1. The molecule has 0 saturated carbocycles. The molecule has 0 bridgehead atoms. The molecule has 1 aromatic carbocycles. The van der Waals surface area contributed by atoms with E-state index < -0.39 is 5.82 Å². The number of hydrogen-bond donors (Lipinski definition) is 0. The monoisotopic (exact) mass is 266 g/mol. The van der Waals surface area contributed by atoms with E-state index in [1.54, 1.807) is 0 Å². The first-order valence-electron chi connectivity index (χ1n) is 6.47. The molecule has 4 heteroatoms. The third-order valence-corrected chi connectivity index (χ3v) is 2.89. The van der Waals surface area contributed by atoms with E-state index >= 15 is 0 Å². The van der Waals surface area contributed by atoms with Crippen LogP contribution < -0.4 is 4.74 Å². The molecule has 0 fully saturated rings. The fraction of sp³-hybridized carbons (Fsp3) is 0.467. The molecule has 19 heavy (non-hydrogen) atoms. The van der Waals surface area contributed by atoms with E-state index in [2.05, 4.69) is 6.92 Å². The van der Waals surface area contributed by atoms with Crippen molar-refractivity contribution >= 4 is 11.6 Å². The Balaban J connectivity index is 2.58. The lowest BCUT2D eigenvalue weighted by Crippen LogP contribution is -2.08. The number of carbonyl (C=O) groups is 2. The molecule has 0 atom stereocenters. The molecular weight excluding hydrogens is 247 g/mol. The molecule has 1 aromatic rings. The molecule has 0 amide bonds. The Kier molecular flexibility index (Phi) is 6.19. The summed E-state index contributed by atoms with van der Waals surface area (Å²) in [6, 6.07) is 3.98. The molecule has 3 nitrogen and oxygen atoms in total. The van der Waals surface area contributed by atoms with E-state index in [1.165, 1.54) is 19.2 Å². The van der Waals surface area contributed by atoms with Crippen molar-refractivity contribution in [2.24, 2.45) is 0 Å². The number of halogens is 1. The minimum atomic E-state index is -0.591. The second-order valence-corrected chi connectivity index (χ2v) is 4.45. The summed E-state index contributed by atoms with van der Waals surface area (Å²) < 4.78 is 18.2. The molecular formula is C15H19FO3. The number of Topliss-reactive ketones (excluding diaryl/α,β-unsaturated/α-hetero) is 2. The van der Waals surface area contributed by atoms with Crippen LogP contribution in [-0.4, -0.2) is 18.7 Å². The van der Waals surface area contributed by atoms with Crippen molar-refractivity contribution < 1.29 is 18.7 Å². The Morgan fingerprint density at radius 1 is 1.26 bits per heavy atom. The minimum Gasteiger partial charge on any atom is -0.494 e. The Bertz CT molecular complexity index is 455. The zero-order valence-corrected chi connectivity index (χ0v) is 11.4. The van der Waals surface area contributed by atoms with Crippen molar-refractivity contribution in [3.8, 4) is 5.75 Å². The lowest BCUT2D eigenvalue weighted by Gasteiger charge is -2.04. The fourth-order valence-corrected chi connectivity index (χ4v) is 1.78. The Hall–Kier alpha value is -1.71. The van der Waals surface area contributed by atoms with Crippen LogP contribution in [0.1, 0.15) is 49.4 Å². The van der Waals surface area contributed by atoms with E-state index in [9.17, 15) is 14.0 Å². The SMILES string of the molecule is CCCCCC(=O)CC(=O)c1ccc(OC)c(F)c1. The van der Waals surface area contributed by atoms with Crippen LogP contribution in [0.4, 0.5) is 4.39 Å².